The van der Waals surface area contributed by atoms with Crippen molar-refractivity contribution in [2.45, 2.75) is 19.5 Å². The van der Waals surface area contributed by atoms with Gasteiger partial charge < -0.3 is 19.5 Å². The number of nitrogens with one attached hydrogen (secondary N) is 1. The smallest absolute Gasteiger partial charge is 0.161 e. The van der Waals surface area contributed by atoms with Gasteiger partial charge in [0.05, 0.1) is 26.0 Å². The normalized spacial score (nSPS) is 13.2. The third-order valence-corrected chi connectivity index (χ3v) is 4.73. The SMILES string of the molecule is COc1ccc(CNCc2cn(C)nc2-c2ccc3c(c2)OCCCO3)cc1. The average molecular weight is 379 g/mol. The van der Waals surface area contributed by atoms with Crippen LogP contribution in [0.4, 0.5) is 0 Å². The van der Waals surface area contributed by atoms with Crippen molar-refractivity contribution >= 4 is 0 Å². The molecule has 0 atom stereocenters. The van der Waals surface area contributed by atoms with Gasteiger partial charge in [0.15, 0.2) is 11.5 Å². The van der Waals surface area contributed by atoms with Gasteiger partial charge in [0, 0.05) is 43.9 Å². The fourth-order valence-electron chi connectivity index (χ4n) is 3.31. The molecule has 0 fully saturated rings. The largest absolute Gasteiger partial charge is 0.497 e. The van der Waals surface area contributed by atoms with Crippen molar-refractivity contribution in [3.05, 3.63) is 59.8 Å². The van der Waals surface area contributed by atoms with Gasteiger partial charge in [-0.3, -0.25) is 4.68 Å². The summed E-state index contributed by atoms with van der Waals surface area (Å²) in [7, 11) is 3.62. The molecule has 0 saturated carbocycles. The second-order valence-electron chi connectivity index (χ2n) is 6.84. The van der Waals surface area contributed by atoms with E-state index >= 15 is 0 Å². The number of hydrogen-bond donors (Lipinski definition) is 1. The lowest BCUT2D eigenvalue weighted by molar-refractivity contribution is 0.297. The number of benzene rings is 2. The Balaban J connectivity index is 1.48. The summed E-state index contributed by atoms with van der Waals surface area (Å²) in [5.41, 5.74) is 4.35. The van der Waals surface area contributed by atoms with E-state index in [-0.39, 0.29) is 0 Å². The first-order chi connectivity index (χ1) is 13.7. The van der Waals surface area contributed by atoms with Crippen LogP contribution in [0.2, 0.25) is 0 Å². The second-order valence-corrected chi connectivity index (χ2v) is 6.84. The van der Waals surface area contributed by atoms with E-state index in [1.807, 2.05) is 42.1 Å². The molecule has 146 valence electrons. The van der Waals surface area contributed by atoms with E-state index in [0.717, 1.165) is 53.6 Å². The van der Waals surface area contributed by atoms with Crippen LogP contribution in [-0.4, -0.2) is 30.1 Å². The number of ether oxygens (including phenoxy) is 3. The molecule has 2 heterocycles. The predicted molar refractivity (Wildman–Crippen MR) is 108 cm³/mol. The Morgan fingerprint density at radius 1 is 1.04 bits per heavy atom. The van der Waals surface area contributed by atoms with Gasteiger partial charge in [-0.15, -0.1) is 0 Å². The van der Waals surface area contributed by atoms with E-state index in [4.69, 9.17) is 14.2 Å². The van der Waals surface area contributed by atoms with Gasteiger partial charge in [-0.05, 0) is 35.9 Å². The summed E-state index contributed by atoms with van der Waals surface area (Å²) in [6.07, 6.45) is 2.95. The maximum Gasteiger partial charge on any atom is 0.161 e. The zero-order valence-corrected chi connectivity index (χ0v) is 16.3. The van der Waals surface area contributed by atoms with Crippen LogP contribution in [0, 0.1) is 0 Å². The second kappa shape index (κ2) is 8.35. The number of nitrogens with zero attached hydrogens (tertiary/aromatic N) is 2. The molecule has 0 radical (unpaired) electrons. The Morgan fingerprint density at radius 2 is 1.82 bits per heavy atom. The minimum atomic E-state index is 0.676. The molecule has 1 aliphatic heterocycles. The van der Waals surface area contributed by atoms with Crippen LogP contribution in [0.25, 0.3) is 11.3 Å². The van der Waals surface area contributed by atoms with Gasteiger partial charge in [0.1, 0.15) is 5.75 Å². The van der Waals surface area contributed by atoms with E-state index < -0.39 is 0 Å². The molecule has 1 aliphatic rings. The van der Waals surface area contributed by atoms with Crippen molar-refractivity contribution < 1.29 is 14.2 Å². The molecule has 6 nitrogen and oxygen atoms in total. The minimum absolute atomic E-state index is 0.676. The van der Waals surface area contributed by atoms with E-state index in [1.165, 1.54) is 5.56 Å². The highest BCUT2D eigenvalue weighted by atomic mass is 16.5. The van der Waals surface area contributed by atoms with Crippen LogP contribution >= 0.6 is 0 Å². The summed E-state index contributed by atoms with van der Waals surface area (Å²) in [6.45, 7) is 2.87. The molecule has 0 unspecified atom stereocenters. The molecule has 6 heteroatoms. The topological polar surface area (TPSA) is 57.5 Å². The summed E-state index contributed by atoms with van der Waals surface area (Å²) in [5.74, 6) is 2.46. The van der Waals surface area contributed by atoms with Gasteiger partial charge in [-0.1, -0.05) is 12.1 Å². The van der Waals surface area contributed by atoms with Crippen LogP contribution in [0.1, 0.15) is 17.5 Å². The van der Waals surface area contributed by atoms with Gasteiger partial charge in [0.2, 0.25) is 0 Å². The Morgan fingerprint density at radius 3 is 2.61 bits per heavy atom. The lowest BCUT2D eigenvalue weighted by Crippen LogP contribution is -2.12. The lowest BCUT2D eigenvalue weighted by atomic mass is 10.1. The number of hydrogen-bond acceptors (Lipinski definition) is 5. The third-order valence-electron chi connectivity index (χ3n) is 4.73. The number of methoxy groups -OCH3 is 1. The monoisotopic (exact) mass is 379 g/mol. The van der Waals surface area contributed by atoms with Gasteiger partial charge in [0.25, 0.3) is 0 Å². The number of rotatable bonds is 6. The summed E-state index contributed by atoms with van der Waals surface area (Å²) in [6, 6.07) is 14.1. The van der Waals surface area contributed by atoms with Crippen molar-refractivity contribution in [1.29, 1.82) is 0 Å². The maximum atomic E-state index is 5.83. The average Bonchev–Trinajstić information content (AvgIpc) is 2.94. The van der Waals surface area contributed by atoms with E-state index in [2.05, 4.69) is 28.7 Å². The van der Waals surface area contributed by atoms with Crippen LogP contribution in [0.5, 0.6) is 17.2 Å². The highest BCUT2D eigenvalue weighted by molar-refractivity contribution is 5.66. The fraction of sp³-hybridized carbons (Fsp3) is 0.318. The number of aromatic nitrogens is 2. The molecular weight excluding hydrogens is 354 g/mol. The molecule has 1 N–H and O–H groups in total. The fourth-order valence-corrected chi connectivity index (χ4v) is 3.31. The molecule has 4 rings (SSSR count). The van der Waals surface area contributed by atoms with Crippen LogP contribution in [0.15, 0.2) is 48.7 Å². The Labute approximate surface area is 165 Å². The van der Waals surface area contributed by atoms with Crippen LogP contribution in [-0.2, 0) is 20.1 Å². The summed E-state index contributed by atoms with van der Waals surface area (Å²) in [4.78, 5) is 0. The van der Waals surface area contributed by atoms with Crippen molar-refractivity contribution in [1.82, 2.24) is 15.1 Å². The third kappa shape index (κ3) is 4.12. The van der Waals surface area contributed by atoms with Crippen molar-refractivity contribution in [3.63, 3.8) is 0 Å². The molecule has 0 spiro atoms. The molecule has 0 bridgehead atoms. The molecule has 0 aliphatic carbocycles. The molecular formula is C22H25N3O3. The first-order valence-corrected chi connectivity index (χ1v) is 9.49. The van der Waals surface area contributed by atoms with Gasteiger partial charge >= 0.3 is 0 Å². The molecule has 2 aromatic carbocycles. The van der Waals surface area contributed by atoms with Crippen LogP contribution in [0.3, 0.4) is 0 Å². The lowest BCUT2D eigenvalue weighted by Gasteiger charge is -2.10. The minimum Gasteiger partial charge on any atom is -0.497 e. The summed E-state index contributed by atoms with van der Waals surface area (Å²) in [5, 5.41) is 8.17. The molecule has 0 saturated heterocycles. The summed E-state index contributed by atoms with van der Waals surface area (Å²) < 4.78 is 18.6. The highest BCUT2D eigenvalue weighted by Gasteiger charge is 2.15. The standard InChI is InChI=1S/C22H25N3O3/c1-25-15-18(14-23-13-16-4-7-19(26-2)8-5-16)22(24-25)17-6-9-20-21(12-17)28-11-3-10-27-20/h4-9,12,15,23H,3,10-11,13-14H2,1-2H3. The van der Waals surface area contributed by atoms with Crippen molar-refractivity contribution in [2.24, 2.45) is 7.05 Å². The molecule has 0 amide bonds. The predicted octanol–water partition coefficient (Wildman–Crippen LogP) is 3.55. The highest BCUT2D eigenvalue weighted by Crippen LogP contribution is 2.34. The van der Waals surface area contributed by atoms with E-state index in [9.17, 15) is 0 Å². The Bertz CT molecular complexity index is 935. The maximum absolute atomic E-state index is 5.83. The first kappa shape index (κ1) is 18.4. The van der Waals surface area contributed by atoms with Gasteiger partial charge in [-0.2, -0.15) is 5.10 Å². The zero-order chi connectivity index (χ0) is 19.3. The Hall–Kier alpha value is -2.99. The quantitative estimate of drug-likeness (QED) is 0.710. The van der Waals surface area contributed by atoms with Crippen LogP contribution < -0.4 is 19.5 Å². The van der Waals surface area contributed by atoms with Crippen molar-refractivity contribution in [2.75, 3.05) is 20.3 Å². The number of fused-ring (bicyclic) bond motifs is 1. The molecule has 28 heavy (non-hydrogen) atoms. The first-order valence-electron chi connectivity index (χ1n) is 9.49. The zero-order valence-electron chi connectivity index (χ0n) is 16.3. The van der Waals surface area contributed by atoms with Crippen molar-refractivity contribution in [3.8, 4) is 28.5 Å². The molecule has 1 aromatic heterocycles. The molecule has 3 aromatic rings. The number of aryl methyl sites for hydroxylation is 1. The Kier molecular flexibility index (Phi) is 5.48. The van der Waals surface area contributed by atoms with Gasteiger partial charge in [-0.25, -0.2) is 0 Å². The van der Waals surface area contributed by atoms with E-state index in [1.54, 1.807) is 7.11 Å². The van der Waals surface area contributed by atoms with E-state index in [0.29, 0.717) is 13.2 Å². The summed E-state index contributed by atoms with van der Waals surface area (Å²) >= 11 is 0.